The second kappa shape index (κ2) is 7.33. The Hall–Kier alpha value is -0.970. The fourth-order valence-electron chi connectivity index (χ4n) is 1.57. The monoisotopic (exact) mass is 246 g/mol. The first kappa shape index (κ1) is 15.0. The molecule has 0 radical (unpaired) electrons. The second-order valence-electron chi connectivity index (χ2n) is 3.43. The SMILES string of the molecule is COc1cccc(O)c1[C@H](N)CCCN.Cl. The molecule has 1 rings (SSSR count). The fourth-order valence-corrected chi connectivity index (χ4v) is 1.57. The van der Waals surface area contributed by atoms with Crippen molar-refractivity contribution in [3.63, 3.8) is 0 Å². The van der Waals surface area contributed by atoms with Crippen LogP contribution in [0.3, 0.4) is 0 Å². The van der Waals surface area contributed by atoms with Crippen molar-refractivity contribution in [2.24, 2.45) is 11.5 Å². The molecule has 1 aromatic rings. The molecule has 16 heavy (non-hydrogen) atoms. The lowest BCUT2D eigenvalue weighted by Gasteiger charge is -2.16. The first-order valence-corrected chi connectivity index (χ1v) is 5.02. The predicted octanol–water partition coefficient (Wildman–Crippen LogP) is 1.56. The lowest BCUT2D eigenvalue weighted by molar-refractivity contribution is 0.390. The van der Waals surface area contributed by atoms with Crippen molar-refractivity contribution < 1.29 is 9.84 Å². The van der Waals surface area contributed by atoms with Gasteiger partial charge in [0.25, 0.3) is 0 Å². The van der Waals surface area contributed by atoms with Crippen molar-refractivity contribution in [2.45, 2.75) is 18.9 Å². The molecule has 0 unspecified atom stereocenters. The molecule has 0 aliphatic rings. The van der Waals surface area contributed by atoms with E-state index in [1.165, 1.54) is 0 Å². The zero-order chi connectivity index (χ0) is 11.3. The van der Waals surface area contributed by atoms with Crippen LogP contribution in [0.4, 0.5) is 0 Å². The molecule has 4 nitrogen and oxygen atoms in total. The number of phenols is 1. The molecular weight excluding hydrogens is 228 g/mol. The van der Waals surface area contributed by atoms with Gasteiger partial charge in [-0.1, -0.05) is 6.07 Å². The third-order valence-corrected chi connectivity index (χ3v) is 2.35. The number of phenolic OH excluding ortho intramolecular Hbond substituents is 1. The predicted molar refractivity (Wildman–Crippen MR) is 67.1 cm³/mol. The molecule has 0 bridgehead atoms. The standard InChI is InChI=1S/C11H18N2O2.ClH/c1-15-10-6-2-5-9(14)11(10)8(13)4-3-7-12;/h2,5-6,8,14H,3-4,7,12-13H2,1H3;1H/t8-;/m1./s1. The highest BCUT2D eigenvalue weighted by Crippen LogP contribution is 2.33. The maximum Gasteiger partial charge on any atom is 0.127 e. The Morgan fingerprint density at radius 3 is 2.69 bits per heavy atom. The molecule has 0 fully saturated rings. The molecule has 0 aliphatic heterocycles. The van der Waals surface area contributed by atoms with E-state index >= 15 is 0 Å². The van der Waals surface area contributed by atoms with Crippen LogP contribution in [-0.2, 0) is 0 Å². The van der Waals surface area contributed by atoms with Crippen LogP contribution in [0, 0.1) is 0 Å². The van der Waals surface area contributed by atoms with E-state index in [1.54, 1.807) is 25.3 Å². The molecule has 0 saturated heterocycles. The van der Waals surface area contributed by atoms with Crippen LogP contribution < -0.4 is 16.2 Å². The summed E-state index contributed by atoms with van der Waals surface area (Å²) in [4.78, 5) is 0. The molecule has 92 valence electrons. The summed E-state index contributed by atoms with van der Waals surface area (Å²) in [5, 5.41) is 9.70. The number of aromatic hydroxyl groups is 1. The van der Waals surface area contributed by atoms with Gasteiger partial charge < -0.3 is 21.3 Å². The first-order chi connectivity index (χ1) is 7.20. The number of nitrogens with two attached hydrogens (primary N) is 2. The normalized spacial score (nSPS) is 11.7. The molecule has 5 N–H and O–H groups in total. The van der Waals surface area contributed by atoms with Crippen LogP contribution >= 0.6 is 12.4 Å². The summed E-state index contributed by atoms with van der Waals surface area (Å²) in [7, 11) is 1.56. The summed E-state index contributed by atoms with van der Waals surface area (Å²) in [5.41, 5.74) is 12.0. The summed E-state index contributed by atoms with van der Waals surface area (Å²) < 4.78 is 5.16. The summed E-state index contributed by atoms with van der Waals surface area (Å²) in [6.07, 6.45) is 1.57. The molecule has 0 saturated carbocycles. The molecule has 0 aliphatic carbocycles. The smallest absolute Gasteiger partial charge is 0.127 e. The fraction of sp³-hybridized carbons (Fsp3) is 0.455. The van der Waals surface area contributed by atoms with Gasteiger partial charge in [-0.15, -0.1) is 12.4 Å². The van der Waals surface area contributed by atoms with Crippen molar-refractivity contribution in [1.82, 2.24) is 0 Å². The highest BCUT2D eigenvalue weighted by molar-refractivity contribution is 5.85. The van der Waals surface area contributed by atoms with Crippen LogP contribution in [-0.4, -0.2) is 18.8 Å². The highest BCUT2D eigenvalue weighted by atomic mass is 35.5. The molecule has 5 heteroatoms. The quantitative estimate of drug-likeness (QED) is 0.737. The number of hydrogen-bond donors (Lipinski definition) is 3. The first-order valence-electron chi connectivity index (χ1n) is 5.02. The Labute approximate surface area is 102 Å². The zero-order valence-electron chi connectivity index (χ0n) is 9.35. The summed E-state index contributed by atoms with van der Waals surface area (Å²) in [6, 6.07) is 4.90. The second-order valence-corrected chi connectivity index (χ2v) is 3.43. The van der Waals surface area contributed by atoms with E-state index in [0.717, 1.165) is 12.8 Å². The van der Waals surface area contributed by atoms with E-state index in [0.29, 0.717) is 17.9 Å². The van der Waals surface area contributed by atoms with Crippen LogP contribution in [0.5, 0.6) is 11.5 Å². The van der Waals surface area contributed by atoms with Crippen molar-refractivity contribution >= 4 is 12.4 Å². The van der Waals surface area contributed by atoms with Gasteiger partial charge in [-0.25, -0.2) is 0 Å². The minimum absolute atomic E-state index is 0. The minimum atomic E-state index is -0.232. The van der Waals surface area contributed by atoms with E-state index in [4.69, 9.17) is 16.2 Å². The third-order valence-electron chi connectivity index (χ3n) is 2.35. The number of hydrogen-bond acceptors (Lipinski definition) is 4. The van der Waals surface area contributed by atoms with Crippen LogP contribution in [0.25, 0.3) is 0 Å². The average molecular weight is 247 g/mol. The van der Waals surface area contributed by atoms with Gasteiger partial charge in [-0.3, -0.25) is 0 Å². The number of halogens is 1. The van der Waals surface area contributed by atoms with Gasteiger partial charge in [0.15, 0.2) is 0 Å². The van der Waals surface area contributed by atoms with Gasteiger partial charge in [0.05, 0.1) is 12.7 Å². The van der Waals surface area contributed by atoms with Gasteiger partial charge in [0.1, 0.15) is 11.5 Å². The third kappa shape index (κ3) is 3.56. The molecule has 1 aromatic carbocycles. The number of ether oxygens (including phenoxy) is 1. The van der Waals surface area contributed by atoms with E-state index in [-0.39, 0.29) is 24.2 Å². The van der Waals surface area contributed by atoms with E-state index in [2.05, 4.69) is 0 Å². The van der Waals surface area contributed by atoms with Crippen LogP contribution in [0.1, 0.15) is 24.4 Å². The Balaban J connectivity index is 0.00000225. The molecule has 1 atom stereocenters. The topological polar surface area (TPSA) is 81.5 Å². The Morgan fingerprint density at radius 1 is 1.44 bits per heavy atom. The van der Waals surface area contributed by atoms with Gasteiger partial charge >= 0.3 is 0 Å². The van der Waals surface area contributed by atoms with Crippen molar-refractivity contribution in [3.8, 4) is 11.5 Å². The van der Waals surface area contributed by atoms with Gasteiger partial charge in [0, 0.05) is 6.04 Å². The molecule has 0 heterocycles. The maximum atomic E-state index is 9.70. The number of benzene rings is 1. The molecule has 0 spiro atoms. The largest absolute Gasteiger partial charge is 0.507 e. The van der Waals surface area contributed by atoms with Gasteiger partial charge in [0.2, 0.25) is 0 Å². The Kier molecular flexibility index (Phi) is 6.88. The van der Waals surface area contributed by atoms with Gasteiger partial charge in [-0.05, 0) is 31.5 Å². The van der Waals surface area contributed by atoms with Crippen molar-refractivity contribution in [1.29, 1.82) is 0 Å². The van der Waals surface area contributed by atoms with Crippen LogP contribution in [0.15, 0.2) is 18.2 Å². The van der Waals surface area contributed by atoms with E-state index < -0.39 is 0 Å². The highest BCUT2D eigenvalue weighted by Gasteiger charge is 2.15. The Morgan fingerprint density at radius 2 is 2.12 bits per heavy atom. The van der Waals surface area contributed by atoms with E-state index in [9.17, 15) is 5.11 Å². The summed E-state index contributed by atoms with van der Waals surface area (Å²) in [6.45, 7) is 0.601. The average Bonchev–Trinajstić information content (AvgIpc) is 2.25. The Bertz CT molecular complexity index is 321. The minimum Gasteiger partial charge on any atom is -0.507 e. The lowest BCUT2D eigenvalue weighted by atomic mass is 10.0. The van der Waals surface area contributed by atoms with E-state index in [1.807, 2.05) is 0 Å². The van der Waals surface area contributed by atoms with Crippen molar-refractivity contribution in [3.05, 3.63) is 23.8 Å². The summed E-state index contributed by atoms with van der Waals surface area (Å²) >= 11 is 0. The number of methoxy groups -OCH3 is 1. The molecular formula is C11H19ClN2O2. The van der Waals surface area contributed by atoms with Crippen molar-refractivity contribution in [2.75, 3.05) is 13.7 Å². The van der Waals surface area contributed by atoms with Gasteiger partial charge in [-0.2, -0.15) is 0 Å². The molecule has 0 aromatic heterocycles. The molecule has 0 amide bonds. The van der Waals surface area contributed by atoms with Crippen LogP contribution in [0.2, 0.25) is 0 Å². The zero-order valence-corrected chi connectivity index (χ0v) is 10.2. The number of rotatable bonds is 5. The maximum absolute atomic E-state index is 9.70. The lowest BCUT2D eigenvalue weighted by Crippen LogP contribution is -2.13. The summed E-state index contributed by atoms with van der Waals surface area (Å²) in [5.74, 6) is 0.804.